The van der Waals surface area contributed by atoms with Crippen LogP contribution in [0.25, 0.3) is 0 Å². The third kappa shape index (κ3) is 4.96. The molecule has 1 aromatic rings. The molecule has 0 unspecified atom stereocenters. The van der Waals surface area contributed by atoms with Crippen molar-refractivity contribution >= 4 is 5.78 Å². The fourth-order valence-corrected chi connectivity index (χ4v) is 1.96. The van der Waals surface area contributed by atoms with Crippen LogP contribution in [0.3, 0.4) is 0 Å². The molecule has 0 heterocycles. The normalized spacial score (nSPS) is 11.2. The van der Waals surface area contributed by atoms with Gasteiger partial charge in [0.15, 0.2) is 5.78 Å². The summed E-state index contributed by atoms with van der Waals surface area (Å²) in [4.78, 5) is 14.2. The van der Waals surface area contributed by atoms with Crippen molar-refractivity contribution < 1.29 is 9.18 Å². The van der Waals surface area contributed by atoms with Gasteiger partial charge in [-0.05, 0) is 24.6 Å². The van der Waals surface area contributed by atoms with E-state index in [4.69, 9.17) is 0 Å². The van der Waals surface area contributed by atoms with Gasteiger partial charge in [0.2, 0.25) is 0 Å². The molecule has 0 fully saturated rings. The summed E-state index contributed by atoms with van der Waals surface area (Å²) in [6.07, 6.45) is 0.448. The van der Waals surface area contributed by atoms with Gasteiger partial charge in [0.1, 0.15) is 5.82 Å². The maximum atomic E-state index is 13.0. The molecule has 0 bridgehead atoms. The molecule has 0 spiro atoms. The zero-order valence-corrected chi connectivity index (χ0v) is 11.4. The Hall–Kier alpha value is -1.22. The number of carbonyl (C=O) groups is 1. The number of Topliss-reactive ketones (excluding diaryl/α,β-unsaturated/α-hetero) is 1. The number of halogens is 1. The van der Waals surface area contributed by atoms with Crippen LogP contribution >= 0.6 is 0 Å². The lowest BCUT2D eigenvalue weighted by molar-refractivity contribution is 0.0962. The van der Waals surface area contributed by atoms with Crippen LogP contribution in [0.1, 0.15) is 37.6 Å². The zero-order valence-electron chi connectivity index (χ0n) is 11.4. The average Bonchev–Trinajstić information content (AvgIpc) is 2.33. The average molecular weight is 251 g/mol. The number of hydrogen-bond donors (Lipinski definition) is 0. The van der Waals surface area contributed by atoms with Crippen LogP contribution in [-0.2, 0) is 0 Å². The fraction of sp³-hybridized carbons (Fsp3) is 0.533. The maximum absolute atomic E-state index is 13.0. The highest BCUT2D eigenvalue weighted by atomic mass is 19.1. The van der Waals surface area contributed by atoms with Gasteiger partial charge in [-0.15, -0.1) is 0 Å². The van der Waals surface area contributed by atoms with Crippen LogP contribution < -0.4 is 0 Å². The van der Waals surface area contributed by atoms with Gasteiger partial charge < -0.3 is 4.90 Å². The Morgan fingerprint density at radius 1 is 1.39 bits per heavy atom. The van der Waals surface area contributed by atoms with Gasteiger partial charge in [0.05, 0.1) is 0 Å². The van der Waals surface area contributed by atoms with E-state index in [-0.39, 0.29) is 11.6 Å². The highest BCUT2D eigenvalue weighted by molar-refractivity contribution is 5.96. The molecule has 18 heavy (non-hydrogen) atoms. The first-order valence-corrected chi connectivity index (χ1v) is 6.54. The van der Waals surface area contributed by atoms with Gasteiger partial charge in [-0.1, -0.05) is 32.9 Å². The van der Waals surface area contributed by atoms with E-state index in [1.54, 1.807) is 12.1 Å². The predicted octanol–water partition coefficient (Wildman–Crippen LogP) is 3.38. The first-order valence-electron chi connectivity index (χ1n) is 6.54. The highest BCUT2D eigenvalue weighted by Gasteiger charge is 2.10. The molecule has 0 saturated heterocycles. The van der Waals surface area contributed by atoms with Gasteiger partial charge in [0.25, 0.3) is 0 Å². The molecule has 3 heteroatoms. The van der Waals surface area contributed by atoms with E-state index < -0.39 is 0 Å². The minimum atomic E-state index is -0.352. The topological polar surface area (TPSA) is 20.3 Å². The van der Waals surface area contributed by atoms with Crippen molar-refractivity contribution in [3.63, 3.8) is 0 Å². The molecule has 0 atom stereocenters. The Bertz CT molecular complexity index is 390. The van der Waals surface area contributed by atoms with Crippen LogP contribution in [-0.4, -0.2) is 30.3 Å². The summed E-state index contributed by atoms with van der Waals surface area (Å²) in [5.41, 5.74) is 0.468. The van der Waals surface area contributed by atoms with Crippen molar-refractivity contribution in [2.24, 2.45) is 5.92 Å². The molecule has 0 aliphatic heterocycles. The van der Waals surface area contributed by atoms with Gasteiger partial charge >= 0.3 is 0 Å². The van der Waals surface area contributed by atoms with Crippen molar-refractivity contribution in [2.75, 3.05) is 19.6 Å². The predicted molar refractivity (Wildman–Crippen MR) is 72.3 cm³/mol. The van der Waals surface area contributed by atoms with Crippen LogP contribution in [0.5, 0.6) is 0 Å². The van der Waals surface area contributed by atoms with Gasteiger partial charge in [-0.3, -0.25) is 4.79 Å². The van der Waals surface area contributed by atoms with Crippen molar-refractivity contribution in [3.05, 3.63) is 35.6 Å². The van der Waals surface area contributed by atoms with E-state index in [2.05, 4.69) is 25.7 Å². The number of hydrogen-bond acceptors (Lipinski definition) is 2. The summed E-state index contributed by atoms with van der Waals surface area (Å²) < 4.78 is 13.0. The third-order valence-electron chi connectivity index (χ3n) is 2.87. The largest absolute Gasteiger partial charge is 0.303 e. The van der Waals surface area contributed by atoms with E-state index in [0.717, 1.165) is 19.6 Å². The van der Waals surface area contributed by atoms with E-state index >= 15 is 0 Å². The molecule has 0 amide bonds. The first kappa shape index (κ1) is 14.8. The Balaban J connectivity index is 2.50. The lowest BCUT2D eigenvalue weighted by atomic mass is 10.1. The number of ketones is 1. The Labute approximate surface area is 109 Å². The summed E-state index contributed by atoms with van der Waals surface area (Å²) in [5, 5.41) is 0. The summed E-state index contributed by atoms with van der Waals surface area (Å²) in [6, 6.07) is 5.91. The molecule has 0 aliphatic carbocycles. The minimum absolute atomic E-state index is 0.0108. The number of rotatable bonds is 7. The summed E-state index contributed by atoms with van der Waals surface area (Å²) in [5.74, 6) is 0.251. The second-order valence-corrected chi connectivity index (χ2v) is 4.97. The van der Waals surface area contributed by atoms with Crippen LogP contribution in [0.4, 0.5) is 4.39 Å². The molecule has 0 aromatic heterocycles. The lowest BCUT2D eigenvalue weighted by Crippen LogP contribution is -2.29. The molecule has 0 aliphatic rings. The first-order chi connectivity index (χ1) is 8.52. The van der Waals surface area contributed by atoms with E-state index in [9.17, 15) is 9.18 Å². The highest BCUT2D eigenvalue weighted by Crippen LogP contribution is 2.08. The fourth-order valence-electron chi connectivity index (χ4n) is 1.96. The Morgan fingerprint density at radius 2 is 2.11 bits per heavy atom. The molecule has 1 aromatic carbocycles. The number of nitrogens with zero attached hydrogens (tertiary/aromatic N) is 1. The van der Waals surface area contributed by atoms with E-state index in [1.165, 1.54) is 12.1 Å². The third-order valence-corrected chi connectivity index (χ3v) is 2.87. The Kier molecular flexibility index (Phi) is 5.99. The van der Waals surface area contributed by atoms with Gasteiger partial charge in [0, 0.05) is 25.1 Å². The van der Waals surface area contributed by atoms with E-state index in [0.29, 0.717) is 17.9 Å². The standard InChI is InChI=1S/C15H22FNO/c1-4-17(11-12(2)3)9-8-15(18)13-6-5-7-14(16)10-13/h5-7,10,12H,4,8-9,11H2,1-3H3. The lowest BCUT2D eigenvalue weighted by Gasteiger charge is -2.21. The van der Waals surface area contributed by atoms with Crippen LogP contribution in [0.2, 0.25) is 0 Å². The minimum Gasteiger partial charge on any atom is -0.303 e. The van der Waals surface area contributed by atoms with Gasteiger partial charge in [-0.2, -0.15) is 0 Å². The molecular formula is C15H22FNO. The molecule has 0 N–H and O–H groups in total. The molecule has 0 saturated carbocycles. The van der Waals surface area contributed by atoms with Crippen LogP contribution in [0.15, 0.2) is 24.3 Å². The second kappa shape index (κ2) is 7.27. The second-order valence-electron chi connectivity index (χ2n) is 4.97. The molecule has 2 nitrogen and oxygen atoms in total. The van der Waals surface area contributed by atoms with Crippen LogP contribution in [0, 0.1) is 11.7 Å². The maximum Gasteiger partial charge on any atom is 0.164 e. The number of benzene rings is 1. The van der Waals surface area contributed by atoms with Crippen molar-refractivity contribution in [1.82, 2.24) is 4.90 Å². The zero-order chi connectivity index (χ0) is 13.5. The Morgan fingerprint density at radius 3 is 2.67 bits per heavy atom. The molecular weight excluding hydrogens is 229 g/mol. The van der Waals surface area contributed by atoms with E-state index in [1.807, 2.05) is 0 Å². The van der Waals surface area contributed by atoms with Gasteiger partial charge in [-0.25, -0.2) is 4.39 Å². The summed E-state index contributed by atoms with van der Waals surface area (Å²) >= 11 is 0. The SMILES string of the molecule is CCN(CCC(=O)c1cccc(F)c1)CC(C)C. The molecule has 0 radical (unpaired) electrons. The van der Waals surface area contributed by atoms with Crippen molar-refractivity contribution in [2.45, 2.75) is 27.2 Å². The smallest absolute Gasteiger partial charge is 0.164 e. The quantitative estimate of drug-likeness (QED) is 0.692. The molecule has 1 rings (SSSR count). The number of carbonyl (C=O) groups excluding carboxylic acids is 1. The summed E-state index contributed by atoms with van der Waals surface area (Å²) in [6.45, 7) is 9.09. The monoisotopic (exact) mass is 251 g/mol. The van der Waals surface area contributed by atoms with Crippen molar-refractivity contribution in [1.29, 1.82) is 0 Å². The molecule has 100 valence electrons. The summed E-state index contributed by atoms with van der Waals surface area (Å²) in [7, 11) is 0. The van der Waals surface area contributed by atoms with Crippen molar-refractivity contribution in [3.8, 4) is 0 Å².